The van der Waals surface area contributed by atoms with Gasteiger partial charge in [0.1, 0.15) is 29.3 Å². The fourth-order valence-electron chi connectivity index (χ4n) is 5.51. The first-order valence-corrected chi connectivity index (χ1v) is 14.3. The number of hydrogen-bond acceptors (Lipinski definition) is 9. The Bertz CT molecular complexity index is 1710. The van der Waals surface area contributed by atoms with Crippen LogP contribution in [-0.4, -0.2) is 87.9 Å². The first-order chi connectivity index (χ1) is 20.2. The molecule has 11 nitrogen and oxygen atoms in total. The molecular formula is C29H29Cl2N7O4. The third-order valence-electron chi connectivity index (χ3n) is 7.96. The van der Waals surface area contributed by atoms with E-state index in [0.717, 1.165) is 44.0 Å². The number of pyridine rings is 2. The number of fused-ring (bicyclic) bond motifs is 1. The number of hydrogen-bond donors (Lipinski definition) is 1. The Balaban J connectivity index is 1.36. The van der Waals surface area contributed by atoms with E-state index in [1.165, 1.54) is 18.7 Å². The van der Waals surface area contributed by atoms with Gasteiger partial charge in [0.2, 0.25) is 11.3 Å². The summed E-state index contributed by atoms with van der Waals surface area (Å²) in [6.45, 7) is 2.82. The normalized spacial score (nSPS) is 17.2. The second-order valence-corrected chi connectivity index (χ2v) is 11.6. The minimum Gasteiger partial charge on any atom is -0.477 e. The summed E-state index contributed by atoms with van der Waals surface area (Å²) < 4.78 is 7.61. The molecule has 1 atom stereocenters. The Morgan fingerprint density at radius 1 is 1.14 bits per heavy atom. The molecule has 2 aliphatic rings. The Morgan fingerprint density at radius 2 is 1.95 bits per heavy atom. The second kappa shape index (κ2) is 11.4. The summed E-state index contributed by atoms with van der Waals surface area (Å²) in [5.41, 5.74) is 0.938. The van der Waals surface area contributed by atoms with Crippen LogP contribution in [0.1, 0.15) is 23.2 Å². The SMILES string of the molecule is CN(C)C1CN(c2ccc(-n3cc(C(=O)O)c(=O)c4cc(Cl)c(N5CCC[C@@H]5COc5ncncc5Cl)cc43)cn2)C1. The zero-order valence-electron chi connectivity index (χ0n) is 23.1. The van der Waals surface area contributed by atoms with Crippen molar-refractivity contribution in [1.29, 1.82) is 0 Å². The summed E-state index contributed by atoms with van der Waals surface area (Å²) in [5, 5.41) is 10.7. The first kappa shape index (κ1) is 28.2. The average molecular weight is 611 g/mol. The van der Waals surface area contributed by atoms with Gasteiger partial charge in [-0.05, 0) is 51.2 Å². The predicted octanol–water partition coefficient (Wildman–Crippen LogP) is 3.98. The molecule has 0 radical (unpaired) electrons. The summed E-state index contributed by atoms with van der Waals surface area (Å²) >= 11 is 12.9. The van der Waals surface area contributed by atoms with Crippen LogP contribution >= 0.6 is 23.2 Å². The van der Waals surface area contributed by atoms with Crippen molar-refractivity contribution in [2.45, 2.75) is 24.9 Å². The standard InChI is InChI=1S/C29H29Cl2N7O4/c1-35(2)19-12-36(13-19)26-6-5-17(10-33-26)38-14-21(29(40)41)27(39)20-8-22(30)25(9-24(20)38)37-7-3-4-18(37)15-42-28-23(31)11-32-16-34-28/h5-6,8-11,14,16,18-19H,3-4,7,12-13,15H2,1-2H3,(H,40,41)/t18-/m1/s1. The van der Waals surface area contributed by atoms with Crippen LogP contribution in [0.5, 0.6) is 5.88 Å². The zero-order valence-corrected chi connectivity index (χ0v) is 24.6. The summed E-state index contributed by atoms with van der Waals surface area (Å²) in [6.07, 6.45) is 7.69. The second-order valence-electron chi connectivity index (χ2n) is 10.7. The van der Waals surface area contributed by atoms with Crippen LogP contribution in [0.2, 0.25) is 10.0 Å². The molecule has 6 rings (SSSR count). The van der Waals surface area contributed by atoms with E-state index in [0.29, 0.717) is 39.8 Å². The predicted molar refractivity (Wildman–Crippen MR) is 162 cm³/mol. The third-order valence-corrected chi connectivity index (χ3v) is 8.52. The van der Waals surface area contributed by atoms with Gasteiger partial charge in [0.25, 0.3) is 0 Å². The lowest BCUT2D eigenvalue weighted by atomic mass is 10.1. The molecule has 1 N–H and O–H groups in total. The summed E-state index contributed by atoms with van der Waals surface area (Å²) in [6, 6.07) is 7.65. The van der Waals surface area contributed by atoms with Crippen LogP contribution in [0.25, 0.3) is 16.6 Å². The zero-order chi connectivity index (χ0) is 29.5. The molecule has 4 aromatic rings. The van der Waals surface area contributed by atoms with Gasteiger partial charge < -0.3 is 29.1 Å². The number of carbonyl (C=O) groups is 1. The van der Waals surface area contributed by atoms with Gasteiger partial charge in [-0.15, -0.1) is 0 Å². The van der Waals surface area contributed by atoms with E-state index in [4.69, 9.17) is 27.9 Å². The van der Waals surface area contributed by atoms with E-state index in [2.05, 4.69) is 43.7 Å². The first-order valence-electron chi connectivity index (χ1n) is 13.6. The van der Waals surface area contributed by atoms with Crippen molar-refractivity contribution in [2.24, 2.45) is 0 Å². The van der Waals surface area contributed by atoms with E-state index in [1.807, 2.05) is 18.2 Å². The largest absolute Gasteiger partial charge is 0.477 e. The molecule has 0 aliphatic carbocycles. The van der Waals surface area contributed by atoms with Gasteiger partial charge in [-0.1, -0.05) is 23.2 Å². The van der Waals surface area contributed by atoms with Gasteiger partial charge in [0.15, 0.2) is 0 Å². The highest BCUT2D eigenvalue weighted by molar-refractivity contribution is 6.34. The monoisotopic (exact) mass is 609 g/mol. The van der Waals surface area contributed by atoms with Gasteiger partial charge in [-0.3, -0.25) is 4.79 Å². The molecule has 3 aromatic heterocycles. The molecule has 0 saturated carbocycles. The molecule has 0 spiro atoms. The maximum atomic E-state index is 13.2. The number of ether oxygens (including phenoxy) is 1. The molecule has 2 saturated heterocycles. The van der Waals surface area contributed by atoms with Gasteiger partial charge in [0, 0.05) is 37.3 Å². The molecule has 218 valence electrons. The number of likely N-dealkylation sites (N-methyl/N-ethyl adjacent to an activating group) is 1. The molecule has 0 amide bonds. The van der Waals surface area contributed by atoms with Crippen molar-refractivity contribution in [3.05, 3.63) is 75.0 Å². The molecule has 1 aromatic carbocycles. The van der Waals surface area contributed by atoms with Crippen LogP contribution in [0.4, 0.5) is 11.5 Å². The van der Waals surface area contributed by atoms with Crippen molar-refractivity contribution >= 4 is 51.6 Å². The average Bonchev–Trinajstić information content (AvgIpc) is 3.40. The van der Waals surface area contributed by atoms with Gasteiger partial charge >= 0.3 is 5.97 Å². The van der Waals surface area contributed by atoms with Gasteiger partial charge in [0.05, 0.1) is 40.3 Å². The van der Waals surface area contributed by atoms with Crippen LogP contribution in [0.15, 0.2) is 54.0 Å². The Kier molecular flexibility index (Phi) is 7.65. The Hall–Kier alpha value is -3.93. The van der Waals surface area contributed by atoms with Crippen molar-refractivity contribution in [2.75, 3.05) is 50.1 Å². The van der Waals surface area contributed by atoms with Crippen LogP contribution < -0.4 is 20.0 Å². The smallest absolute Gasteiger partial charge is 0.341 e. The molecule has 13 heteroatoms. The lowest BCUT2D eigenvalue weighted by molar-refractivity contribution is 0.0695. The number of halogens is 2. The Morgan fingerprint density at radius 3 is 2.64 bits per heavy atom. The molecule has 2 fully saturated rings. The number of aromatic nitrogens is 4. The fourth-order valence-corrected chi connectivity index (χ4v) is 5.94. The topological polar surface area (TPSA) is 117 Å². The van der Waals surface area contributed by atoms with Crippen molar-refractivity contribution in [3.8, 4) is 11.6 Å². The number of anilines is 2. The van der Waals surface area contributed by atoms with Gasteiger partial charge in [-0.2, -0.15) is 0 Å². The van der Waals surface area contributed by atoms with E-state index < -0.39 is 11.4 Å². The fraction of sp³-hybridized carbons (Fsp3) is 0.345. The number of carboxylic acids is 1. The quantitative estimate of drug-likeness (QED) is 0.314. The van der Waals surface area contributed by atoms with Crippen molar-refractivity contribution in [1.82, 2.24) is 24.4 Å². The maximum Gasteiger partial charge on any atom is 0.341 e. The number of carboxylic acid groups (broad SMARTS) is 1. The molecule has 0 unspecified atom stereocenters. The highest BCUT2D eigenvalue weighted by atomic mass is 35.5. The number of benzene rings is 1. The minimum atomic E-state index is -1.31. The molecule has 0 bridgehead atoms. The highest BCUT2D eigenvalue weighted by Gasteiger charge is 2.30. The van der Waals surface area contributed by atoms with E-state index in [9.17, 15) is 14.7 Å². The van der Waals surface area contributed by atoms with E-state index in [-0.39, 0.29) is 17.0 Å². The maximum absolute atomic E-state index is 13.2. The number of rotatable bonds is 8. The van der Waals surface area contributed by atoms with Crippen molar-refractivity contribution in [3.63, 3.8) is 0 Å². The molecule has 5 heterocycles. The van der Waals surface area contributed by atoms with E-state index in [1.54, 1.807) is 16.8 Å². The highest BCUT2D eigenvalue weighted by Crippen LogP contribution is 2.36. The number of nitrogens with zero attached hydrogens (tertiary/aromatic N) is 7. The van der Waals surface area contributed by atoms with E-state index >= 15 is 0 Å². The summed E-state index contributed by atoms with van der Waals surface area (Å²) in [7, 11) is 4.12. The molecule has 2 aliphatic heterocycles. The summed E-state index contributed by atoms with van der Waals surface area (Å²) in [5.74, 6) is -0.159. The molecular weight excluding hydrogens is 581 g/mol. The van der Waals surface area contributed by atoms with Crippen molar-refractivity contribution < 1.29 is 14.6 Å². The Labute approximate surface area is 251 Å². The minimum absolute atomic E-state index is 0.0204. The summed E-state index contributed by atoms with van der Waals surface area (Å²) in [4.78, 5) is 44.4. The lowest BCUT2D eigenvalue weighted by Crippen LogP contribution is -2.57. The van der Waals surface area contributed by atoms with Crippen LogP contribution in [-0.2, 0) is 0 Å². The lowest BCUT2D eigenvalue weighted by Gasteiger charge is -2.43. The van der Waals surface area contributed by atoms with Crippen LogP contribution in [0, 0.1) is 0 Å². The van der Waals surface area contributed by atoms with Gasteiger partial charge in [-0.25, -0.2) is 19.7 Å². The van der Waals surface area contributed by atoms with Crippen LogP contribution in [0.3, 0.4) is 0 Å². The third kappa shape index (κ3) is 5.23. The number of aromatic carboxylic acids is 1. The molecule has 42 heavy (non-hydrogen) atoms.